The fourth-order valence-electron chi connectivity index (χ4n) is 2.66. The standard InChI is InChI=1S/C15H21NO2/c1-12-4-6-13(7-5-12)10-16-8-2-3-14(11-16)9-15(17)18/h4-7,14H,2-3,8-11H2,1H3,(H,17,18). The van der Waals surface area contributed by atoms with Crippen LogP contribution in [0.4, 0.5) is 0 Å². The average molecular weight is 247 g/mol. The first-order valence-corrected chi connectivity index (χ1v) is 6.63. The normalized spacial score (nSPS) is 20.8. The zero-order valence-corrected chi connectivity index (χ0v) is 10.9. The van der Waals surface area contributed by atoms with E-state index in [9.17, 15) is 4.79 Å². The van der Waals surface area contributed by atoms with Crippen molar-refractivity contribution < 1.29 is 9.90 Å². The Balaban J connectivity index is 1.89. The predicted octanol–water partition coefficient (Wildman–Crippen LogP) is 2.68. The van der Waals surface area contributed by atoms with Crippen molar-refractivity contribution in [3.63, 3.8) is 0 Å². The number of carboxylic acids is 1. The van der Waals surface area contributed by atoms with Crippen LogP contribution in [0.5, 0.6) is 0 Å². The Hall–Kier alpha value is -1.35. The molecule has 1 unspecified atom stereocenters. The van der Waals surface area contributed by atoms with Gasteiger partial charge in [-0.25, -0.2) is 0 Å². The van der Waals surface area contributed by atoms with E-state index in [0.717, 1.165) is 32.5 Å². The van der Waals surface area contributed by atoms with E-state index in [0.29, 0.717) is 12.3 Å². The molecule has 0 amide bonds. The largest absolute Gasteiger partial charge is 0.481 e. The van der Waals surface area contributed by atoms with Crippen molar-refractivity contribution in [2.45, 2.75) is 32.7 Å². The van der Waals surface area contributed by atoms with Gasteiger partial charge in [-0.3, -0.25) is 9.69 Å². The first-order chi connectivity index (χ1) is 8.63. The highest BCUT2D eigenvalue weighted by atomic mass is 16.4. The van der Waals surface area contributed by atoms with Crippen LogP contribution in [0.15, 0.2) is 24.3 Å². The number of benzene rings is 1. The highest BCUT2D eigenvalue weighted by molar-refractivity contribution is 5.67. The van der Waals surface area contributed by atoms with Gasteiger partial charge < -0.3 is 5.11 Å². The molecule has 0 radical (unpaired) electrons. The molecule has 1 aromatic rings. The quantitative estimate of drug-likeness (QED) is 0.889. The van der Waals surface area contributed by atoms with E-state index in [1.54, 1.807) is 0 Å². The highest BCUT2D eigenvalue weighted by Crippen LogP contribution is 2.21. The SMILES string of the molecule is Cc1ccc(CN2CCCC(CC(=O)O)C2)cc1. The molecule has 0 bridgehead atoms. The molecular weight excluding hydrogens is 226 g/mol. The van der Waals surface area contributed by atoms with Gasteiger partial charge in [-0.1, -0.05) is 29.8 Å². The van der Waals surface area contributed by atoms with Crippen LogP contribution in [0.3, 0.4) is 0 Å². The van der Waals surface area contributed by atoms with E-state index in [1.165, 1.54) is 11.1 Å². The summed E-state index contributed by atoms with van der Waals surface area (Å²) in [7, 11) is 0. The van der Waals surface area contributed by atoms with E-state index in [4.69, 9.17) is 5.11 Å². The number of hydrogen-bond acceptors (Lipinski definition) is 2. The molecule has 1 N–H and O–H groups in total. The third-order valence-corrected chi connectivity index (χ3v) is 3.59. The minimum atomic E-state index is -0.669. The van der Waals surface area contributed by atoms with Gasteiger partial charge in [0.2, 0.25) is 0 Å². The third-order valence-electron chi connectivity index (χ3n) is 3.59. The number of carbonyl (C=O) groups is 1. The molecule has 1 aromatic carbocycles. The molecule has 1 aliphatic rings. The number of hydrogen-bond donors (Lipinski definition) is 1. The van der Waals surface area contributed by atoms with Gasteiger partial charge in [-0.15, -0.1) is 0 Å². The Labute approximate surface area is 108 Å². The summed E-state index contributed by atoms with van der Waals surface area (Å²) in [6, 6.07) is 8.59. The molecule has 1 aliphatic heterocycles. The molecule has 0 aliphatic carbocycles. The molecule has 3 nitrogen and oxygen atoms in total. The van der Waals surface area contributed by atoms with E-state index in [-0.39, 0.29) is 0 Å². The van der Waals surface area contributed by atoms with E-state index < -0.39 is 5.97 Å². The van der Waals surface area contributed by atoms with Gasteiger partial charge >= 0.3 is 5.97 Å². The molecule has 0 spiro atoms. The summed E-state index contributed by atoms with van der Waals surface area (Å²) < 4.78 is 0. The number of aliphatic carboxylic acids is 1. The Morgan fingerprint density at radius 2 is 2.11 bits per heavy atom. The lowest BCUT2D eigenvalue weighted by atomic mass is 9.94. The minimum Gasteiger partial charge on any atom is -0.481 e. The lowest BCUT2D eigenvalue weighted by molar-refractivity contribution is -0.138. The maximum atomic E-state index is 10.8. The van der Waals surface area contributed by atoms with Gasteiger partial charge in [0.15, 0.2) is 0 Å². The minimum absolute atomic E-state index is 0.310. The van der Waals surface area contributed by atoms with Gasteiger partial charge in [-0.05, 0) is 37.8 Å². The van der Waals surface area contributed by atoms with Crippen molar-refractivity contribution in [3.05, 3.63) is 35.4 Å². The maximum absolute atomic E-state index is 10.8. The summed E-state index contributed by atoms with van der Waals surface area (Å²) in [6.45, 7) is 5.04. The predicted molar refractivity (Wildman–Crippen MR) is 71.4 cm³/mol. The Kier molecular flexibility index (Phi) is 4.37. The average Bonchev–Trinajstić information content (AvgIpc) is 2.32. The van der Waals surface area contributed by atoms with Crippen LogP contribution in [-0.2, 0) is 11.3 Å². The summed E-state index contributed by atoms with van der Waals surface area (Å²) in [5, 5.41) is 8.85. The van der Waals surface area contributed by atoms with Crippen LogP contribution in [-0.4, -0.2) is 29.1 Å². The molecule has 1 atom stereocenters. The Morgan fingerprint density at radius 1 is 1.39 bits per heavy atom. The second kappa shape index (κ2) is 6.01. The summed E-state index contributed by atoms with van der Waals surface area (Å²) in [6.07, 6.45) is 2.48. The van der Waals surface area contributed by atoms with Crippen molar-refractivity contribution in [3.8, 4) is 0 Å². The molecule has 3 heteroatoms. The van der Waals surface area contributed by atoms with Crippen LogP contribution >= 0.6 is 0 Å². The number of nitrogens with zero attached hydrogens (tertiary/aromatic N) is 1. The maximum Gasteiger partial charge on any atom is 0.303 e. The zero-order chi connectivity index (χ0) is 13.0. The van der Waals surface area contributed by atoms with E-state index >= 15 is 0 Å². The van der Waals surface area contributed by atoms with Gasteiger partial charge in [-0.2, -0.15) is 0 Å². The summed E-state index contributed by atoms with van der Waals surface area (Å²) >= 11 is 0. The zero-order valence-electron chi connectivity index (χ0n) is 10.9. The van der Waals surface area contributed by atoms with Gasteiger partial charge in [0.25, 0.3) is 0 Å². The molecule has 1 fully saturated rings. The van der Waals surface area contributed by atoms with Crippen LogP contribution < -0.4 is 0 Å². The summed E-state index contributed by atoms with van der Waals surface area (Å²) in [5.41, 5.74) is 2.60. The topological polar surface area (TPSA) is 40.5 Å². The van der Waals surface area contributed by atoms with E-state index in [1.807, 2.05) is 0 Å². The van der Waals surface area contributed by atoms with Crippen molar-refractivity contribution >= 4 is 5.97 Å². The fraction of sp³-hybridized carbons (Fsp3) is 0.533. The number of likely N-dealkylation sites (tertiary alicyclic amines) is 1. The lowest BCUT2D eigenvalue weighted by Gasteiger charge is -2.32. The smallest absolute Gasteiger partial charge is 0.303 e. The highest BCUT2D eigenvalue weighted by Gasteiger charge is 2.21. The Bertz CT molecular complexity index is 399. The van der Waals surface area contributed by atoms with Crippen LogP contribution in [0.25, 0.3) is 0 Å². The molecule has 1 heterocycles. The molecule has 1 saturated heterocycles. The number of carboxylic acid groups (broad SMARTS) is 1. The molecule has 2 rings (SSSR count). The fourth-order valence-corrected chi connectivity index (χ4v) is 2.66. The summed E-state index contributed by atoms with van der Waals surface area (Å²) in [4.78, 5) is 13.1. The summed E-state index contributed by atoms with van der Waals surface area (Å²) in [5.74, 6) is -0.348. The van der Waals surface area contributed by atoms with Crippen molar-refractivity contribution in [1.29, 1.82) is 0 Å². The monoisotopic (exact) mass is 247 g/mol. The second-order valence-corrected chi connectivity index (χ2v) is 5.33. The molecule has 18 heavy (non-hydrogen) atoms. The first kappa shape index (κ1) is 13.1. The molecular formula is C15H21NO2. The van der Waals surface area contributed by atoms with Crippen molar-refractivity contribution in [1.82, 2.24) is 4.90 Å². The van der Waals surface area contributed by atoms with Gasteiger partial charge in [0.1, 0.15) is 0 Å². The van der Waals surface area contributed by atoms with Crippen LogP contribution in [0, 0.1) is 12.8 Å². The Morgan fingerprint density at radius 3 is 2.78 bits per heavy atom. The second-order valence-electron chi connectivity index (χ2n) is 5.33. The molecule has 98 valence electrons. The van der Waals surface area contributed by atoms with Crippen molar-refractivity contribution in [2.24, 2.45) is 5.92 Å². The lowest BCUT2D eigenvalue weighted by Crippen LogP contribution is -2.35. The third kappa shape index (κ3) is 3.84. The van der Waals surface area contributed by atoms with Gasteiger partial charge in [0, 0.05) is 19.5 Å². The van der Waals surface area contributed by atoms with Crippen LogP contribution in [0.1, 0.15) is 30.4 Å². The van der Waals surface area contributed by atoms with E-state index in [2.05, 4.69) is 36.1 Å². The number of piperidine rings is 1. The first-order valence-electron chi connectivity index (χ1n) is 6.63. The number of rotatable bonds is 4. The number of aryl methyl sites for hydroxylation is 1. The van der Waals surface area contributed by atoms with Crippen LogP contribution in [0.2, 0.25) is 0 Å². The molecule has 0 saturated carbocycles. The van der Waals surface area contributed by atoms with Gasteiger partial charge in [0.05, 0.1) is 0 Å². The molecule has 0 aromatic heterocycles. The van der Waals surface area contributed by atoms with Crippen molar-refractivity contribution in [2.75, 3.05) is 13.1 Å².